The van der Waals surface area contributed by atoms with Crippen LogP contribution in [-0.2, 0) is 0 Å². The predicted molar refractivity (Wildman–Crippen MR) is 68.1 cm³/mol. The van der Waals surface area contributed by atoms with Gasteiger partial charge in [0.1, 0.15) is 0 Å². The molecule has 3 nitrogen and oxygen atoms in total. The molecule has 98 valence electrons. The Morgan fingerprint density at radius 1 is 1.50 bits per heavy atom. The van der Waals surface area contributed by atoms with Gasteiger partial charge in [-0.1, -0.05) is 12.8 Å². The van der Waals surface area contributed by atoms with Crippen LogP contribution in [0, 0.1) is 11.2 Å². The summed E-state index contributed by atoms with van der Waals surface area (Å²) in [4.78, 5) is 15.5. The SMILES string of the molecule is O=C(NCC1(CCl)CCCC1)c1ccncc1F. The summed E-state index contributed by atoms with van der Waals surface area (Å²) in [7, 11) is 0. The fraction of sp³-hybridized carbons (Fsp3) is 0.538. The summed E-state index contributed by atoms with van der Waals surface area (Å²) in [6, 6.07) is 1.38. The number of aromatic nitrogens is 1. The van der Waals surface area contributed by atoms with Crippen LogP contribution in [0.2, 0.25) is 0 Å². The maximum absolute atomic E-state index is 13.4. The van der Waals surface area contributed by atoms with Crippen LogP contribution in [0.4, 0.5) is 4.39 Å². The van der Waals surface area contributed by atoms with Gasteiger partial charge in [0.25, 0.3) is 5.91 Å². The molecule has 5 heteroatoms. The van der Waals surface area contributed by atoms with Gasteiger partial charge in [-0.2, -0.15) is 0 Å². The van der Waals surface area contributed by atoms with Crippen molar-refractivity contribution in [2.45, 2.75) is 25.7 Å². The minimum absolute atomic E-state index is 0.0132. The number of pyridine rings is 1. The molecule has 1 aliphatic rings. The molecule has 1 aliphatic carbocycles. The molecule has 0 saturated heterocycles. The molecule has 2 rings (SSSR count). The van der Waals surface area contributed by atoms with Gasteiger partial charge in [-0.05, 0) is 18.9 Å². The van der Waals surface area contributed by atoms with Crippen molar-refractivity contribution in [3.8, 4) is 0 Å². The van der Waals surface area contributed by atoms with E-state index in [1.165, 1.54) is 12.3 Å². The van der Waals surface area contributed by atoms with E-state index >= 15 is 0 Å². The molecule has 1 saturated carbocycles. The average Bonchev–Trinajstić information content (AvgIpc) is 2.86. The highest BCUT2D eigenvalue weighted by Crippen LogP contribution is 2.38. The highest BCUT2D eigenvalue weighted by Gasteiger charge is 2.33. The lowest BCUT2D eigenvalue weighted by atomic mass is 9.88. The molecule has 1 amide bonds. The molecule has 18 heavy (non-hydrogen) atoms. The third-order valence-corrected chi connectivity index (χ3v) is 4.16. The molecule has 1 N–H and O–H groups in total. The molecule has 1 heterocycles. The Morgan fingerprint density at radius 3 is 2.83 bits per heavy atom. The summed E-state index contributed by atoms with van der Waals surface area (Å²) >= 11 is 5.99. The van der Waals surface area contributed by atoms with Gasteiger partial charge in [0.2, 0.25) is 0 Å². The fourth-order valence-electron chi connectivity index (χ4n) is 2.40. The molecule has 0 radical (unpaired) electrons. The lowest BCUT2D eigenvalue weighted by Crippen LogP contribution is -2.37. The second-order valence-corrected chi connectivity index (χ2v) is 5.15. The molecule has 0 unspecified atom stereocenters. The lowest BCUT2D eigenvalue weighted by Gasteiger charge is -2.26. The summed E-state index contributed by atoms with van der Waals surface area (Å²) in [6.45, 7) is 0.511. The summed E-state index contributed by atoms with van der Waals surface area (Å²) in [5.41, 5.74) is 0.0218. The summed E-state index contributed by atoms with van der Waals surface area (Å²) < 4.78 is 13.4. The highest BCUT2D eigenvalue weighted by atomic mass is 35.5. The number of carbonyl (C=O) groups excluding carboxylic acids is 1. The molecular formula is C13H16ClFN2O. The van der Waals surface area contributed by atoms with E-state index < -0.39 is 11.7 Å². The third kappa shape index (κ3) is 2.80. The second kappa shape index (κ2) is 5.65. The first-order valence-corrected chi connectivity index (χ1v) is 6.64. The van der Waals surface area contributed by atoms with E-state index in [9.17, 15) is 9.18 Å². The van der Waals surface area contributed by atoms with Crippen LogP contribution in [0.5, 0.6) is 0 Å². The number of carbonyl (C=O) groups is 1. The number of halogens is 2. The third-order valence-electron chi connectivity index (χ3n) is 3.59. The average molecular weight is 271 g/mol. The normalized spacial score (nSPS) is 17.7. The number of alkyl halides is 1. The summed E-state index contributed by atoms with van der Waals surface area (Å²) in [6.07, 6.45) is 6.79. The summed E-state index contributed by atoms with van der Waals surface area (Å²) in [5.74, 6) is -0.459. The van der Waals surface area contributed by atoms with Gasteiger partial charge in [0.05, 0.1) is 11.8 Å². The maximum Gasteiger partial charge on any atom is 0.254 e. The number of rotatable bonds is 4. The Hall–Kier alpha value is -1.16. The molecule has 1 aromatic heterocycles. The molecule has 0 aromatic carbocycles. The van der Waals surface area contributed by atoms with Gasteiger partial charge in [0.15, 0.2) is 5.82 Å². The van der Waals surface area contributed by atoms with E-state index in [2.05, 4.69) is 10.3 Å². The van der Waals surface area contributed by atoms with Crippen molar-refractivity contribution in [1.82, 2.24) is 10.3 Å². The topological polar surface area (TPSA) is 42.0 Å². The Bertz CT molecular complexity index is 433. The number of hydrogen-bond acceptors (Lipinski definition) is 2. The molecule has 0 bridgehead atoms. The van der Waals surface area contributed by atoms with E-state index in [0.717, 1.165) is 31.9 Å². The predicted octanol–water partition coefficient (Wildman–Crippen LogP) is 2.75. The van der Waals surface area contributed by atoms with Crippen molar-refractivity contribution in [3.05, 3.63) is 29.8 Å². The Morgan fingerprint density at radius 2 is 2.22 bits per heavy atom. The van der Waals surface area contributed by atoms with Gasteiger partial charge >= 0.3 is 0 Å². The maximum atomic E-state index is 13.4. The molecular weight excluding hydrogens is 255 g/mol. The van der Waals surface area contributed by atoms with Gasteiger partial charge in [-0.15, -0.1) is 11.6 Å². The zero-order valence-electron chi connectivity index (χ0n) is 10.1. The van der Waals surface area contributed by atoms with Crippen LogP contribution >= 0.6 is 11.6 Å². The van der Waals surface area contributed by atoms with Crippen LogP contribution in [0.15, 0.2) is 18.5 Å². The van der Waals surface area contributed by atoms with E-state index in [4.69, 9.17) is 11.6 Å². The number of nitrogens with zero attached hydrogens (tertiary/aromatic N) is 1. The Kier molecular flexibility index (Phi) is 4.17. The highest BCUT2D eigenvalue weighted by molar-refractivity contribution is 6.18. The molecule has 0 aliphatic heterocycles. The monoisotopic (exact) mass is 270 g/mol. The molecule has 1 fully saturated rings. The second-order valence-electron chi connectivity index (χ2n) is 4.88. The first kappa shape index (κ1) is 13.3. The van der Waals surface area contributed by atoms with Crippen LogP contribution in [0.3, 0.4) is 0 Å². The van der Waals surface area contributed by atoms with Crippen molar-refractivity contribution in [2.24, 2.45) is 5.41 Å². The van der Waals surface area contributed by atoms with E-state index in [1.54, 1.807) is 0 Å². The zero-order valence-corrected chi connectivity index (χ0v) is 10.8. The van der Waals surface area contributed by atoms with Gasteiger partial charge in [-0.3, -0.25) is 9.78 Å². The zero-order chi connectivity index (χ0) is 13.0. The van der Waals surface area contributed by atoms with Crippen LogP contribution in [-0.4, -0.2) is 23.3 Å². The minimum Gasteiger partial charge on any atom is -0.351 e. The first-order valence-electron chi connectivity index (χ1n) is 6.11. The van der Waals surface area contributed by atoms with Crippen LogP contribution < -0.4 is 5.32 Å². The number of hydrogen-bond donors (Lipinski definition) is 1. The van der Waals surface area contributed by atoms with E-state index in [0.29, 0.717) is 12.4 Å². The fourth-order valence-corrected chi connectivity index (χ4v) is 2.77. The van der Waals surface area contributed by atoms with E-state index in [-0.39, 0.29) is 11.0 Å². The number of amides is 1. The van der Waals surface area contributed by atoms with Crippen molar-refractivity contribution in [1.29, 1.82) is 0 Å². The first-order chi connectivity index (χ1) is 8.67. The van der Waals surface area contributed by atoms with Gasteiger partial charge in [-0.25, -0.2) is 4.39 Å². The van der Waals surface area contributed by atoms with E-state index in [1.807, 2.05) is 0 Å². The van der Waals surface area contributed by atoms with Crippen molar-refractivity contribution >= 4 is 17.5 Å². The largest absolute Gasteiger partial charge is 0.351 e. The smallest absolute Gasteiger partial charge is 0.254 e. The Labute approximate surface area is 111 Å². The Balaban J connectivity index is 1.98. The quantitative estimate of drug-likeness (QED) is 0.855. The molecule has 0 spiro atoms. The van der Waals surface area contributed by atoms with Crippen molar-refractivity contribution in [2.75, 3.05) is 12.4 Å². The van der Waals surface area contributed by atoms with Crippen LogP contribution in [0.1, 0.15) is 36.0 Å². The van der Waals surface area contributed by atoms with Crippen molar-refractivity contribution in [3.63, 3.8) is 0 Å². The summed E-state index contributed by atoms with van der Waals surface area (Å²) in [5, 5.41) is 2.78. The van der Waals surface area contributed by atoms with Gasteiger partial charge in [0, 0.05) is 24.0 Å². The minimum atomic E-state index is -0.596. The molecule has 1 aromatic rings. The lowest BCUT2D eigenvalue weighted by molar-refractivity contribution is 0.0931. The van der Waals surface area contributed by atoms with Crippen molar-refractivity contribution < 1.29 is 9.18 Å². The standard InChI is InChI=1S/C13H16ClFN2O/c14-8-13(4-1-2-5-13)9-17-12(18)10-3-6-16-7-11(10)15/h3,6-7H,1-2,4-5,8-9H2,(H,17,18). The van der Waals surface area contributed by atoms with Gasteiger partial charge < -0.3 is 5.32 Å². The van der Waals surface area contributed by atoms with Crippen LogP contribution in [0.25, 0.3) is 0 Å². The number of nitrogens with one attached hydrogen (secondary N) is 1. The molecule has 0 atom stereocenters.